The summed E-state index contributed by atoms with van der Waals surface area (Å²) >= 11 is 3.28. The molecule has 0 fully saturated rings. The van der Waals surface area contributed by atoms with Crippen LogP contribution in [0.15, 0.2) is 46.9 Å². The van der Waals surface area contributed by atoms with Crippen molar-refractivity contribution in [1.29, 1.82) is 0 Å². The van der Waals surface area contributed by atoms with Crippen molar-refractivity contribution in [3.63, 3.8) is 0 Å². The molecule has 0 bridgehead atoms. The second-order valence-corrected chi connectivity index (χ2v) is 4.85. The molecule has 106 valence electrons. The van der Waals surface area contributed by atoms with Gasteiger partial charge in [-0.1, -0.05) is 22.0 Å². The van der Waals surface area contributed by atoms with Crippen molar-refractivity contribution < 1.29 is 17.9 Å². The number of alkyl halides is 2. The second kappa shape index (κ2) is 6.65. The maximum atomic E-state index is 12.9. The summed E-state index contributed by atoms with van der Waals surface area (Å²) in [7, 11) is 0. The van der Waals surface area contributed by atoms with Crippen molar-refractivity contribution >= 4 is 21.6 Å². The lowest BCUT2D eigenvalue weighted by Gasteiger charge is -2.09. The molecule has 0 radical (unpaired) electrons. The fourth-order valence-electron chi connectivity index (χ4n) is 1.62. The van der Waals surface area contributed by atoms with Crippen LogP contribution < -0.4 is 10.1 Å². The SMILES string of the molecule is Fc1ccc(CNc2ccc(OC(F)F)cc2)c(Br)c1. The first-order valence-electron chi connectivity index (χ1n) is 5.77. The number of nitrogens with one attached hydrogen (secondary N) is 1. The fraction of sp³-hybridized carbons (Fsp3) is 0.143. The molecule has 0 atom stereocenters. The summed E-state index contributed by atoms with van der Waals surface area (Å²) in [5, 5.41) is 3.11. The van der Waals surface area contributed by atoms with Gasteiger partial charge in [-0.05, 0) is 42.0 Å². The number of hydrogen-bond donors (Lipinski definition) is 1. The number of rotatable bonds is 5. The van der Waals surface area contributed by atoms with E-state index in [0.29, 0.717) is 11.0 Å². The molecule has 0 amide bonds. The molecule has 2 aromatic rings. The Labute approximate surface area is 122 Å². The first-order valence-corrected chi connectivity index (χ1v) is 6.56. The van der Waals surface area contributed by atoms with Gasteiger partial charge < -0.3 is 10.1 Å². The minimum Gasteiger partial charge on any atom is -0.435 e. The van der Waals surface area contributed by atoms with Gasteiger partial charge in [0.05, 0.1) is 0 Å². The highest BCUT2D eigenvalue weighted by molar-refractivity contribution is 9.10. The molecule has 2 rings (SSSR count). The molecule has 0 saturated carbocycles. The first kappa shape index (κ1) is 14.7. The Hall–Kier alpha value is -1.69. The summed E-state index contributed by atoms with van der Waals surface area (Å²) < 4.78 is 41.8. The van der Waals surface area contributed by atoms with Gasteiger partial charge >= 0.3 is 6.61 Å². The third-order valence-electron chi connectivity index (χ3n) is 2.58. The Kier molecular flexibility index (Phi) is 4.89. The maximum Gasteiger partial charge on any atom is 0.387 e. The van der Waals surface area contributed by atoms with E-state index >= 15 is 0 Å². The Bertz CT molecular complexity index is 575. The average Bonchev–Trinajstić information content (AvgIpc) is 2.39. The topological polar surface area (TPSA) is 21.3 Å². The number of anilines is 1. The third-order valence-corrected chi connectivity index (χ3v) is 3.32. The second-order valence-electron chi connectivity index (χ2n) is 3.99. The van der Waals surface area contributed by atoms with E-state index in [0.717, 1.165) is 11.3 Å². The molecule has 1 N–H and O–H groups in total. The van der Waals surface area contributed by atoms with Gasteiger partial charge in [-0.3, -0.25) is 0 Å². The van der Waals surface area contributed by atoms with Crippen LogP contribution in [-0.4, -0.2) is 6.61 Å². The van der Waals surface area contributed by atoms with Crippen LogP contribution >= 0.6 is 15.9 Å². The monoisotopic (exact) mass is 345 g/mol. The van der Waals surface area contributed by atoms with E-state index < -0.39 is 6.61 Å². The van der Waals surface area contributed by atoms with Gasteiger partial charge in [0.1, 0.15) is 11.6 Å². The molecule has 2 aromatic carbocycles. The molecule has 0 unspecified atom stereocenters. The normalized spacial score (nSPS) is 10.7. The summed E-state index contributed by atoms with van der Waals surface area (Å²) in [6, 6.07) is 10.6. The van der Waals surface area contributed by atoms with E-state index in [-0.39, 0.29) is 11.6 Å². The summed E-state index contributed by atoms with van der Waals surface area (Å²) in [6.07, 6.45) is 0. The minimum absolute atomic E-state index is 0.105. The summed E-state index contributed by atoms with van der Waals surface area (Å²) in [5.74, 6) is -0.206. The Morgan fingerprint density at radius 3 is 2.40 bits per heavy atom. The van der Waals surface area contributed by atoms with E-state index in [1.165, 1.54) is 24.3 Å². The highest BCUT2D eigenvalue weighted by atomic mass is 79.9. The van der Waals surface area contributed by atoms with Crippen LogP contribution in [0.3, 0.4) is 0 Å². The zero-order chi connectivity index (χ0) is 14.5. The molecule has 6 heteroatoms. The highest BCUT2D eigenvalue weighted by Crippen LogP contribution is 2.21. The van der Waals surface area contributed by atoms with Crippen LogP contribution in [0.1, 0.15) is 5.56 Å². The van der Waals surface area contributed by atoms with Gasteiger partial charge in [0.25, 0.3) is 0 Å². The van der Waals surface area contributed by atoms with E-state index in [1.807, 2.05) is 0 Å². The van der Waals surface area contributed by atoms with Crippen molar-refractivity contribution in [3.8, 4) is 5.75 Å². The quantitative estimate of drug-likeness (QED) is 0.840. The molecule has 2 nitrogen and oxygen atoms in total. The van der Waals surface area contributed by atoms with Crippen molar-refractivity contribution in [3.05, 3.63) is 58.3 Å². The van der Waals surface area contributed by atoms with Crippen molar-refractivity contribution in [1.82, 2.24) is 0 Å². The minimum atomic E-state index is -2.83. The molecule has 0 spiro atoms. The van der Waals surface area contributed by atoms with E-state index in [1.54, 1.807) is 18.2 Å². The largest absolute Gasteiger partial charge is 0.435 e. The Morgan fingerprint density at radius 2 is 1.80 bits per heavy atom. The van der Waals surface area contributed by atoms with Gasteiger partial charge in [0, 0.05) is 16.7 Å². The van der Waals surface area contributed by atoms with Gasteiger partial charge in [0.2, 0.25) is 0 Å². The van der Waals surface area contributed by atoms with Gasteiger partial charge in [-0.15, -0.1) is 0 Å². The van der Waals surface area contributed by atoms with E-state index in [2.05, 4.69) is 26.0 Å². The van der Waals surface area contributed by atoms with Gasteiger partial charge in [-0.2, -0.15) is 8.78 Å². The third kappa shape index (κ3) is 4.16. The number of halogens is 4. The molecule has 20 heavy (non-hydrogen) atoms. The van der Waals surface area contributed by atoms with Crippen LogP contribution in [-0.2, 0) is 6.54 Å². The molecule has 0 aromatic heterocycles. The molecule has 0 heterocycles. The fourth-order valence-corrected chi connectivity index (χ4v) is 2.11. The van der Waals surface area contributed by atoms with Gasteiger partial charge in [0.15, 0.2) is 0 Å². The maximum absolute atomic E-state index is 12.9. The number of benzene rings is 2. The first-order chi connectivity index (χ1) is 9.54. The van der Waals surface area contributed by atoms with Crippen molar-refractivity contribution in [2.75, 3.05) is 5.32 Å². The smallest absolute Gasteiger partial charge is 0.387 e. The van der Waals surface area contributed by atoms with Crippen LogP contribution in [0.2, 0.25) is 0 Å². The molecular formula is C14H11BrF3NO. The lowest BCUT2D eigenvalue weighted by molar-refractivity contribution is -0.0498. The number of ether oxygens (including phenoxy) is 1. The lowest BCUT2D eigenvalue weighted by Crippen LogP contribution is -2.03. The molecule has 0 saturated heterocycles. The Morgan fingerprint density at radius 1 is 1.10 bits per heavy atom. The number of hydrogen-bond acceptors (Lipinski definition) is 2. The molecule has 0 aliphatic heterocycles. The van der Waals surface area contributed by atoms with Crippen molar-refractivity contribution in [2.24, 2.45) is 0 Å². The van der Waals surface area contributed by atoms with Crippen LogP contribution in [0.4, 0.5) is 18.9 Å². The Balaban J connectivity index is 1.96. The zero-order valence-electron chi connectivity index (χ0n) is 10.2. The summed E-state index contributed by atoms with van der Waals surface area (Å²) in [5.41, 5.74) is 1.64. The van der Waals surface area contributed by atoms with E-state index in [9.17, 15) is 13.2 Å². The van der Waals surface area contributed by atoms with E-state index in [4.69, 9.17) is 0 Å². The van der Waals surface area contributed by atoms with Crippen LogP contribution in [0, 0.1) is 5.82 Å². The molecular weight excluding hydrogens is 335 g/mol. The van der Waals surface area contributed by atoms with Crippen LogP contribution in [0.25, 0.3) is 0 Å². The van der Waals surface area contributed by atoms with Gasteiger partial charge in [-0.25, -0.2) is 4.39 Å². The molecule has 0 aliphatic rings. The average molecular weight is 346 g/mol. The standard InChI is InChI=1S/C14H11BrF3NO/c15-13-7-10(16)2-1-9(13)8-19-11-3-5-12(6-4-11)20-14(17)18/h1-7,14,19H,8H2. The summed E-state index contributed by atoms with van der Waals surface area (Å²) in [6.45, 7) is -2.35. The highest BCUT2D eigenvalue weighted by Gasteiger charge is 2.04. The molecule has 0 aliphatic carbocycles. The van der Waals surface area contributed by atoms with Crippen LogP contribution in [0.5, 0.6) is 5.75 Å². The van der Waals surface area contributed by atoms with Crippen molar-refractivity contribution in [2.45, 2.75) is 13.2 Å². The predicted molar refractivity (Wildman–Crippen MR) is 74.5 cm³/mol. The predicted octanol–water partition coefficient (Wildman–Crippen LogP) is 4.80. The summed E-state index contributed by atoms with van der Waals surface area (Å²) in [4.78, 5) is 0. The zero-order valence-corrected chi connectivity index (χ0v) is 11.8. The lowest BCUT2D eigenvalue weighted by atomic mass is 10.2.